The molecule has 0 spiro atoms. The number of carbonyl (C=O) groups excluding carboxylic acids is 5. The zero-order chi connectivity index (χ0) is 48.2. The summed E-state index contributed by atoms with van der Waals surface area (Å²) in [5, 5.41) is 40.4. The van der Waals surface area contributed by atoms with E-state index in [1.807, 2.05) is 6.92 Å². The number of ether oxygens (including phenoxy) is 4. The van der Waals surface area contributed by atoms with Gasteiger partial charge in [-0.3, -0.25) is 28.8 Å². The van der Waals surface area contributed by atoms with Crippen molar-refractivity contribution in [3.63, 3.8) is 0 Å². The van der Waals surface area contributed by atoms with Crippen LogP contribution in [0.4, 0.5) is 0 Å². The Labute approximate surface area is 385 Å². The van der Waals surface area contributed by atoms with Gasteiger partial charge in [-0.15, -0.1) is 0 Å². The van der Waals surface area contributed by atoms with E-state index < -0.39 is 35.9 Å². The zero-order valence-electron chi connectivity index (χ0n) is 38.9. The molecule has 0 fully saturated rings. The fourth-order valence-electron chi connectivity index (χ4n) is 6.38. The molecule has 0 radical (unpaired) electrons. The van der Waals surface area contributed by atoms with Gasteiger partial charge >= 0.3 is 17.9 Å². The van der Waals surface area contributed by atoms with Crippen LogP contribution in [0, 0.1) is 0 Å². The van der Waals surface area contributed by atoms with Gasteiger partial charge in [0.25, 0.3) is 0 Å². The van der Waals surface area contributed by atoms with E-state index in [9.17, 15) is 48.6 Å². The molecule has 8 N–H and O–H groups in total. The first-order valence-electron chi connectivity index (χ1n) is 23.7. The van der Waals surface area contributed by atoms with Crippen molar-refractivity contribution in [3.8, 4) is 0 Å². The molecule has 5 amide bonds. The van der Waals surface area contributed by atoms with Gasteiger partial charge in [0, 0.05) is 45.3 Å². The highest BCUT2D eigenvalue weighted by Gasteiger charge is 2.22. The van der Waals surface area contributed by atoms with Gasteiger partial charge in [-0.1, -0.05) is 96.8 Å². The number of carboxylic acids is 3. The number of aliphatic carboxylic acids is 3. The number of carbonyl (C=O) groups is 8. The van der Waals surface area contributed by atoms with Crippen LogP contribution < -0.4 is 26.6 Å². The highest BCUT2D eigenvalue weighted by Crippen LogP contribution is 2.14. The fraction of sp³-hybridized carbons (Fsp3) is 0.822. The van der Waals surface area contributed by atoms with Gasteiger partial charge in [-0.05, 0) is 32.1 Å². The lowest BCUT2D eigenvalue weighted by molar-refractivity contribution is -0.143. The molecule has 0 heterocycles. The van der Waals surface area contributed by atoms with Crippen LogP contribution in [0.2, 0.25) is 0 Å². The Morgan fingerprint density at radius 3 is 1.22 bits per heavy atom. The molecule has 0 saturated heterocycles. The van der Waals surface area contributed by atoms with Gasteiger partial charge in [-0.25, -0.2) is 9.59 Å². The van der Waals surface area contributed by atoms with Crippen molar-refractivity contribution in [2.45, 2.75) is 167 Å². The number of carboxylic acid groups (broad SMARTS) is 3. The summed E-state index contributed by atoms with van der Waals surface area (Å²) in [5.74, 6) is -5.14. The smallest absolute Gasteiger partial charge is 0.326 e. The molecule has 65 heavy (non-hydrogen) atoms. The third kappa shape index (κ3) is 42.0. The molecule has 0 unspecified atom stereocenters. The van der Waals surface area contributed by atoms with Crippen molar-refractivity contribution in [3.05, 3.63) is 0 Å². The van der Waals surface area contributed by atoms with E-state index in [0.29, 0.717) is 13.0 Å². The number of hydrogen-bond donors (Lipinski definition) is 8. The molecular weight excluding hydrogens is 851 g/mol. The molecule has 0 aliphatic carbocycles. The van der Waals surface area contributed by atoms with Crippen LogP contribution in [0.1, 0.15) is 155 Å². The fourth-order valence-corrected chi connectivity index (χ4v) is 6.38. The van der Waals surface area contributed by atoms with Crippen LogP contribution in [0.15, 0.2) is 0 Å². The Morgan fingerprint density at radius 2 is 0.769 bits per heavy atom. The SMILES string of the molecule is CCCCCNC(=O)CC[C@H](NC(=O)COCCOCCNC(=O)COCCOCCNC(=O)CC[C@H](NC(=O)CCCCCCCCCCCCCCCCC(=O)O)C(=O)O)C(=O)O. The third-order valence-electron chi connectivity index (χ3n) is 10.1. The average Bonchev–Trinajstić information content (AvgIpc) is 3.26. The molecule has 376 valence electrons. The second kappa shape index (κ2) is 43.5. The Balaban J connectivity index is 3.76. The van der Waals surface area contributed by atoms with Crippen molar-refractivity contribution in [2.24, 2.45) is 0 Å². The normalized spacial score (nSPS) is 11.9. The van der Waals surface area contributed by atoms with Gasteiger partial charge in [0.2, 0.25) is 29.5 Å². The van der Waals surface area contributed by atoms with Crippen LogP contribution >= 0.6 is 0 Å². The van der Waals surface area contributed by atoms with E-state index in [1.54, 1.807) is 0 Å². The van der Waals surface area contributed by atoms with E-state index in [2.05, 4.69) is 26.6 Å². The second-order valence-electron chi connectivity index (χ2n) is 15.9. The molecule has 0 aromatic rings. The first-order valence-corrected chi connectivity index (χ1v) is 23.7. The molecule has 0 rings (SSSR count). The van der Waals surface area contributed by atoms with Crippen molar-refractivity contribution >= 4 is 47.4 Å². The number of nitrogens with one attached hydrogen (secondary N) is 5. The van der Waals surface area contributed by atoms with Gasteiger partial charge in [0.1, 0.15) is 25.3 Å². The third-order valence-corrected chi connectivity index (χ3v) is 10.1. The number of rotatable bonds is 47. The second-order valence-corrected chi connectivity index (χ2v) is 15.9. The molecule has 20 nitrogen and oxygen atoms in total. The van der Waals surface area contributed by atoms with Gasteiger partial charge in [-0.2, -0.15) is 0 Å². The van der Waals surface area contributed by atoms with E-state index in [1.165, 1.54) is 38.5 Å². The minimum absolute atomic E-state index is 0.0285. The Hall–Kier alpha value is -4.40. The van der Waals surface area contributed by atoms with E-state index in [4.69, 9.17) is 24.1 Å². The minimum atomic E-state index is -1.24. The lowest BCUT2D eigenvalue weighted by Gasteiger charge is -2.14. The zero-order valence-corrected chi connectivity index (χ0v) is 38.9. The van der Waals surface area contributed by atoms with E-state index in [-0.39, 0.29) is 128 Å². The summed E-state index contributed by atoms with van der Waals surface area (Å²) in [4.78, 5) is 94.1. The Bertz CT molecular complexity index is 1320. The highest BCUT2D eigenvalue weighted by atomic mass is 16.5. The Morgan fingerprint density at radius 1 is 0.385 bits per heavy atom. The molecule has 2 atom stereocenters. The topological polar surface area (TPSA) is 294 Å². The number of hydrogen-bond acceptors (Lipinski definition) is 12. The maximum Gasteiger partial charge on any atom is 0.326 e. The van der Waals surface area contributed by atoms with Crippen LogP contribution in [0.5, 0.6) is 0 Å². The summed E-state index contributed by atoms with van der Waals surface area (Å²) in [6, 6.07) is -2.37. The summed E-state index contributed by atoms with van der Waals surface area (Å²) in [5.41, 5.74) is 0. The summed E-state index contributed by atoms with van der Waals surface area (Å²) in [7, 11) is 0. The van der Waals surface area contributed by atoms with E-state index >= 15 is 0 Å². The first kappa shape index (κ1) is 60.6. The monoisotopic (exact) mass is 932 g/mol. The molecule has 0 aliphatic heterocycles. The molecule has 0 aromatic carbocycles. The molecule has 0 aliphatic rings. The molecule has 0 bridgehead atoms. The van der Waals surface area contributed by atoms with Crippen molar-refractivity contribution < 1.29 is 72.6 Å². The van der Waals surface area contributed by atoms with Crippen molar-refractivity contribution in [1.29, 1.82) is 0 Å². The van der Waals surface area contributed by atoms with Crippen LogP contribution in [0.3, 0.4) is 0 Å². The van der Waals surface area contributed by atoms with E-state index in [0.717, 1.165) is 64.2 Å². The van der Waals surface area contributed by atoms with Gasteiger partial charge in [0.15, 0.2) is 0 Å². The minimum Gasteiger partial charge on any atom is -0.481 e. The van der Waals surface area contributed by atoms with Crippen molar-refractivity contribution in [2.75, 3.05) is 72.5 Å². The lowest BCUT2D eigenvalue weighted by atomic mass is 10.0. The summed E-state index contributed by atoms with van der Waals surface area (Å²) >= 11 is 0. The molecule has 20 heteroatoms. The lowest BCUT2D eigenvalue weighted by Crippen LogP contribution is -2.43. The van der Waals surface area contributed by atoms with Crippen LogP contribution in [-0.4, -0.2) is 147 Å². The largest absolute Gasteiger partial charge is 0.481 e. The molecule has 0 aromatic heterocycles. The quantitative estimate of drug-likeness (QED) is 0.0405. The molecule has 0 saturated carbocycles. The highest BCUT2D eigenvalue weighted by molar-refractivity contribution is 5.85. The maximum atomic E-state index is 12.3. The number of unbranched alkanes of at least 4 members (excludes halogenated alkanes) is 15. The van der Waals surface area contributed by atoms with Gasteiger partial charge < -0.3 is 60.9 Å². The average molecular weight is 932 g/mol. The first-order chi connectivity index (χ1) is 31.3. The maximum absolute atomic E-state index is 12.3. The summed E-state index contributed by atoms with van der Waals surface area (Å²) in [6.45, 7) is 3.23. The summed E-state index contributed by atoms with van der Waals surface area (Å²) < 4.78 is 21.2. The van der Waals surface area contributed by atoms with Crippen LogP contribution in [0.25, 0.3) is 0 Å². The van der Waals surface area contributed by atoms with Crippen molar-refractivity contribution in [1.82, 2.24) is 26.6 Å². The number of amides is 5. The summed E-state index contributed by atoms with van der Waals surface area (Å²) in [6.07, 6.45) is 18.1. The van der Waals surface area contributed by atoms with Crippen LogP contribution in [-0.2, 0) is 57.3 Å². The molecular formula is C45H81N5O15. The van der Waals surface area contributed by atoms with Gasteiger partial charge in [0.05, 0.1) is 39.6 Å². The predicted octanol–water partition coefficient (Wildman–Crippen LogP) is 3.62. The Kier molecular flexibility index (Phi) is 40.5. The standard InChI is InChI=1S/C45H81N5O15/c1-2-3-18-25-46-38(51)23-22-37(45(60)61)50-42(55)35-65-33-31-63-29-27-48-41(54)34-64-32-30-62-28-26-47-39(52)24-21-36(44(58)59)49-40(53)19-16-14-12-10-8-6-4-5-7-9-11-13-15-17-20-43(56)57/h36-37H,2-35H2,1H3,(H,46,51)(H,47,52)(H,48,54)(H,49,53)(H,50,55)(H,56,57)(H,58,59)(H,60,61)/t36-,37-/m0/s1. The predicted molar refractivity (Wildman–Crippen MR) is 241 cm³/mol.